The van der Waals surface area contributed by atoms with E-state index in [0.717, 1.165) is 18.4 Å². The Hall–Kier alpha value is -1.10. The summed E-state index contributed by atoms with van der Waals surface area (Å²) < 4.78 is 18.7. The normalized spacial score (nSPS) is 16.2. The second-order valence-corrected chi connectivity index (χ2v) is 5.42. The molecule has 0 aromatic heterocycles. The first kappa shape index (κ1) is 13.3. The summed E-state index contributed by atoms with van der Waals surface area (Å²) in [5.74, 6) is -0.341. The Bertz CT molecular complexity index is 474. The van der Waals surface area contributed by atoms with Crippen LogP contribution in [0.5, 0.6) is 0 Å². The predicted molar refractivity (Wildman–Crippen MR) is 71.0 cm³/mol. The number of esters is 1. The molecule has 0 saturated heterocycles. The number of hydrogen-bond acceptors (Lipinski definition) is 3. The number of benzene rings is 1. The first-order chi connectivity index (χ1) is 8.52. The Morgan fingerprint density at radius 2 is 2.22 bits per heavy atom. The molecule has 1 aliphatic carbocycles. The van der Waals surface area contributed by atoms with Crippen LogP contribution in [-0.4, -0.2) is 19.1 Å². The fraction of sp³-hybridized carbons (Fsp3) is 0.462. The van der Waals surface area contributed by atoms with Crippen LogP contribution < -0.4 is 5.32 Å². The van der Waals surface area contributed by atoms with E-state index in [-0.39, 0.29) is 17.8 Å². The zero-order valence-corrected chi connectivity index (χ0v) is 11.9. The summed E-state index contributed by atoms with van der Waals surface area (Å²) >= 11 is 3.14. The number of methoxy groups -OCH3 is 1. The molecule has 0 bridgehead atoms. The lowest BCUT2D eigenvalue weighted by Crippen LogP contribution is -2.33. The lowest BCUT2D eigenvalue weighted by atomic mass is 10.1. The van der Waals surface area contributed by atoms with Gasteiger partial charge in [0, 0.05) is 5.69 Å². The molecule has 1 saturated carbocycles. The van der Waals surface area contributed by atoms with Crippen molar-refractivity contribution in [1.82, 2.24) is 0 Å². The molecule has 98 valence electrons. The van der Waals surface area contributed by atoms with Crippen molar-refractivity contribution in [3.05, 3.63) is 28.0 Å². The van der Waals surface area contributed by atoms with Crippen molar-refractivity contribution in [2.45, 2.75) is 25.8 Å². The number of carbonyl (C=O) groups excluding carboxylic acids is 1. The van der Waals surface area contributed by atoms with Crippen LogP contribution in [0.3, 0.4) is 0 Å². The summed E-state index contributed by atoms with van der Waals surface area (Å²) in [5.41, 5.74) is 1.52. The fourth-order valence-electron chi connectivity index (χ4n) is 1.90. The van der Waals surface area contributed by atoms with E-state index in [1.165, 1.54) is 13.2 Å². The molecule has 1 fully saturated rings. The van der Waals surface area contributed by atoms with Crippen LogP contribution in [0.4, 0.5) is 10.1 Å². The molecule has 0 heterocycles. The van der Waals surface area contributed by atoms with Gasteiger partial charge < -0.3 is 10.1 Å². The zero-order valence-electron chi connectivity index (χ0n) is 10.3. The summed E-state index contributed by atoms with van der Waals surface area (Å²) in [4.78, 5) is 11.7. The minimum absolute atomic E-state index is 0.291. The summed E-state index contributed by atoms with van der Waals surface area (Å²) in [6.45, 7) is 1.87. The van der Waals surface area contributed by atoms with Crippen molar-refractivity contribution < 1.29 is 13.9 Å². The first-order valence-corrected chi connectivity index (χ1v) is 6.62. The summed E-state index contributed by atoms with van der Waals surface area (Å²) in [6, 6.07) is 2.71. The van der Waals surface area contributed by atoms with Crippen molar-refractivity contribution in [3.8, 4) is 0 Å². The number of hydrogen-bond donors (Lipinski definition) is 1. The highest BCUT2D eigenvalue weighted by molar-refractivity contribution is 9.10. The highest BCUT2D eigenvalue weighted by Gasteiger charge is 2.37. The van der Waals surface area contributed by atoms with Crippen LogP contribution >= 0.6 is 15.9 Å². The second kappa shape index (κ2) is 5.26. The van der Waals surface area contributed by atoms with Gasteiger partial charge in [-0.2, -0.15) is 0 Å². The third-order valence-corrected chi connectivity index (χ3v) is 3.73. The lowest BCUT2D eigenvalue weighted by Gasteiger charge is -2.18. The van der Waals surface area contributed by atoms with Gasteiger partial charge in [0.15, 0.2) is 0 Å². The molecule has 0 spiro atoms. The molecular weight excluding hydrogens is 301 g/mol. The van der Waals surface area contributed by atoms with E-state index in [0.29, 0.717) is 16.1 Å². The Morgan fingerprint density at radius 3 is 2.78 bits per heavy atom. The fourth-order valence-corrected chi connectivity index (χ4v) is 2.35. The van der Waals surface area contributed by atoms with Crippen LogP contribution in [0.2, 0.25) is 0 Å². The van der Waals surface area contributed by atoms with E-state index in [1.807, 2.05) is 6.92 Å². The van der Waals surface area contributed by atoms with Gasteiger partial charge in [0.1, 0.15) is 11.9 Å². The quantitative estimate of drug-likeness (QED) is 0.867. The number of nitrogens with one attached hydrogen (secondary N) is 1. The molecule has 3 nitrogen and oxygen atoms in total. The number of ether oxygens (including phenoxy) is 1. The molecule has 1 N–H and O–H groups in total. The predicted octanol–water partition coefficient (Wildman–Crippen LogP) is 3.26. The highest BCUT2D eigenvalue weighted by atomic mass is 79.9. The maximum absolute atomic E-state index is 13.5. The van der Waals surface area contributed by atoms with Crippen molar-refractivity contribution in [2.24, 2.45) is 5.92 Å². The van der Waals surface area contributed by atoms with E-state index in [1.54, 1.807) is 6.07 Å². The molecule has 2 rings (SSSR count). The topological polar surface area (TPSA) is 38.3 Å². The molecule has 1 aromatic carbocycles. The van der Waals surface area contributed by atoms with E-state index in [2.05, 4.69) is 21.2 Å². The monoisotopic (exact) mass is 315 g/mol. The molecule has 0 radical (unpaired) electrons. The van der Waals surface area contributed by atoms with Crippen LogP contribution in [0.1, 0.15) is 18.4 Å². The van der Waals surface area contributed by atoms with Gasteiger partial charge in [-0.25, -0.2) is 9.18 Å². The first-order valence-electron chi connectivity index (χ1n) is 5.83. The molecule has 18 heavy (non-hydrogen) atoms. The van der Waals surface area contributed by atoms with E-state index in [9.17, 15) is 9.18 Å². The van der Waals surface area contributed by atoms with Crippen molar-refractivity contribution in [1.29, 1.82) is 0 Å². The maximum atomic E-state index is 13.5. The minimum atomic E-state index is -0.380. The number of anilines is 1. The third kappa shape index (κ3) is 2.83. The molecule has 1 aliphatic rings. The average Bonchev–Trinajstić information content (AvgIpc) is 3.15. The third-order valence-electron chi connectivity index (χ3n) is 3.13. The Balaban J connectivity index is 2.21. The number of aryl methyl sites for hydroxylation is 1. The zero-order chi connectivity index (χ0) is 13.3. The average molecular weight is 316 g/mol. The van der Waals surface area contributed by atoms with Crippen LogP contribution in [0.15, 0.2) is 16.6 Å². The van der Waals surface area contributed by atoms with Gasteiger partial charge >= 0.3 is 5.97 Å². The molecular formula is C13H15BrFNO2. The van der Waals surface area contributed by atoms with Gasteiger partial charge in [0.25, 0.3) is 0 Å². The summed E-state index contributed by atoms with van der Waals surface area (Å²) in [5, 5.41) is 3.09. The highest BCUT2D eigenvalue weighted by Crippen LogP contribution is 2.35. The SMILES string of the molecule is COC(=O)C(Nc1cc(F)c(Br)cc1C)C1CC1. The largest absolute Gasteiger partial charge is 0.467 e. The number of carbonyl (C=O) groups is 1. The van der Waals surface area contributed by atoms with Gasteiger partial charge in [-0.15, -0.1) is 0 Å². The maximum Gasteiger partial charge on any atom is 0.328 e. The Kier molecular flexibility index (Phi) is 3.90. The van der Waals surface area contributed by atoms with Gasteiger partial charge in [-0.05, 0) is 59.3 Å². The van der Waals surface area contributed by atoms with Gasteiger partial charge in [0.2, 0.25) is 0 Å². The second-order valence-electron chi connectivity index (χ2n) is 4.56. The van der Waals surface area contributed by atoms with Crippen LogP contribution in [0, 0.1) is 18.7 Å². The lowest BCUT2D eigenvalue weighted by molar-refractivity contribution is -0.142. The molecule has 0 aliphatic heterocycles. The molecule has 1 aromatic rings. The van der Waals surface area contributed by atoms with Gasteiger partial charge in [-0.1, -0.05) is 0 Å². The van der Waals surface area contributed by atoms with Crippen molar-refractivity contribution in [2.75, 3.05) is 12.4 Å². The summed E-state index contributed by atoms with van der Waals surface area (Å²) in [6.07, 6.45) is 2.01. The number of rotatable bonds is 4. The van der Waals surface area contributed by atoms with Crippen molar-refractivity contribution >= 4 is 27.6 Å². The Morgan fingerprint density at radius 1 is 1.56 bits per heavy atom. The molecule has 1 unspecified atom stereocenters. The molecule has 0 amide bonds. The summed E-state index contributed by atoms with van der Waals surface area (Å²) in [7, 11) is 1.37. The Labute approximate surface area is 114 Å². The molecule has 1 atom stereocenters. The van der Waals surface area contributed by atoms with Gasteiger partial charge in [-0.3, -0.25) is 0 Å². The molecule has 5 heteroatoms. The smallest absolute Gasteiger partial charge is 0.328 e. The van der Waals surface area contributed by atoms with E-state index in [4.69, 9.17) is 4.74 Å². The minimum Gasteiger partial charge on any atom is -0.467 e. The standard InChI is InChI=1S/C13H15BrFNO2/c1-7-5-9(14)10(15)6-11(7)16-12(8-3-4-8)13(17)18-2/h5-6,8,12,16H,3-4H2,1-2H3. The van der Waals surface area contributed by atoms with Gasteiger partial charge in [0.05, 0.1) is 11.6 Å². The van der Waals surface area contributed by atoms with Crippen molar-refractivity contribution in [3.63, 3.8) is 0 Å². The van der Waals surface area contributed by atoms with E-state index >= 15 is 0 Å². The van der Waals surface area contributed by atoms with Crippen LogP contribution in [0.25, 0.3) is 0 Å². The number of halogens is 2. The van der Waals surface area contributed by atoms with Crippen LogP contribution in [-0.2, 0) is 9.53 Å². The van der Waals surface area contributed by atoms with E-state index < -0.39 is 0 Å².